The zero-order chi connectivity index (χ0) is 18.6. The Morgan fingerprint density at radius 1 is 1.19 bits per heavy atom. The normalized spacial score (nSPS) is 18.4. The summed E-state index contributed by atoms with van der Waals surface area (Å²) in [6.07, 6.45) is 2.01. The van der Waals surface area contributed by atoms with Crippen molar-refractivity contribution >= 4 is 21.7 Å². The second-order valence-electron chi connectivity index (χ2n) is 6.04. The molecule has 0 aliphatic carbocycles. The molecule has 0 radical (unpaired) electrons. The van der Waals surface area contributed by atoms with E-state index in [9.17, 15) is 18.0 Å². The molecule has 138 valence electrons. The maximum atomic E-state index is 11.9. The first kappa shape index (κ1) is 18.0. The first-order chi connectivity index (χ1) is 12.4. The fourth-order valence-electron chi connectivity index (χ4n) is 2.66. The van der Waals surface area contributed by atoms with Crippen LogP contribution < -0.4 is 10.6 Å². The van der Waals surface area contributed by atoms with Gasteiger partial charge in [0.05, 0.1) is 30.2 Å². The predicted octanol–water partition coefficient (Wildman–Crippen LogP) is -1.38. The Labute approximate surface area is 149 Å². The van der Waals surface area contributed by atoms with Crippen molar-refractivity contribution in [2.24, 2.45) is 0 Å². The monoisotopic (exact) mass is 378 g/mol. The summed E-state index contributed by atoms with van der Waals surface area (Å²) >= 11 is 0. The number of hydrogen-bond donors (Lipinski definition) is 2. The van der Waals surface area contributed by atoms with Crippen molar-refractivity contribution in [3.63, 3.8) is 0 Å². The SMILES string of the molecule is O=C(Cc1ccc(-n2cnnn2)cc1)NCC(=O)N[C@@H]1CCS(=O)(=O)C1. The average Bonchev–Trinajstić information content (AvgIpc) is 3.23. The number of sulfone groups is 1. The summed E-state index contributed by atoms with van der Waals surface area (Å²) in [6.45, 7) is -0.182. The average molecular weight is 378 g/mol. The van der Waals surface area contributed by atoms with E-state index in [0.29, 0.717) is 6.42 Å². The standard InChI is InChI=1S/C15H18N6O4S/c22-14(16-8-15(23)18-12-5-6-26(24,25)9-12)7-11-1-3-13(4-2-11)21-10-17-19-20-21/h1-4,10,12H,5-9H2,(H,16,22)(H,18,23)/t12-/m1/s1. The van der Waals surface area contributed by atoms with Gasteiger partial charge >= 0.3 is 0 Å². The lowest BCUT2D eigenvalue weighted by atomic mass is 10.1. The summed E-state index contributed by atoms with van der Waals surface area (Å²) in [5.41, 5.74) is 1.55. The highest BCUT2D eigenvalue weighted by molar-refractivity contribution is 7.91. The molecular formula is C15H18N6O4S. The maximum Gasteiger partial charge on any atom is 0.239 e. The Hall–Kier alpha value is -2.82. The van der Waals surface area contributed by atoms with Crippen molar-refractivity contribution in [1.82, 2.24) is 30.8 Å². The number of amides is 2. The molecule has 1 aromatic carbocycles. The molecule has 2 aromatic rings. The highest BCUT2D eigenvalue weighted by Crippen LogP contribution is 2.11. The fourth-order valence-corrected chi connectivity index (χ4v) is 4.33. The van der Waals surface area contributed by atoms with Gasteiger partial charge in [-0.1, -0.05) is 12.1 Å². The molecule has 1 aliphatic heterocycles. The number of carbonyl (C=O) groups excluding carboxylic acids is 2. The third-order valence-corrected chi connectivity index (χ3v) is 5.73. The Morgan fingerprint density at radius 2 is 1.96 bits per heavy atom. The number of nitrogens with zero attached hydrogens (tertiary/aromatic N) is 4. The van der Waals surface area contributed by atoms with Crippen LogP contribution in [0.2, 0.25) is 0 Å². The van der Waals surface area contributed by atoms with E-state index in [4.69, 9.17) is 0 Å². The van der Waals surface area contributed by atoms with Gasteiger partial charge in [-0.05, 0) is 34.5 Å². The summed E-state index contributed by atoms with van der Waals surface area (Å²) in [6, 6.07) is 6.75. The predicted molar refractivity (Wildman–Crippen MR) is 91.1 cm³/mol. The molecular weight excluding hydrogens is 360 g/mol. The lowest BCUT2D eigenvalue weighted by Gasteiger charge is -2.11. The largest absolute Gasteiger partial charge is 0.351 e. The molecule has 0 spiro atoms. The van der Waals surface area contributed by atoms with Gasteiger partial charge in [0.2, 0.25) is 11.8 Å². The maximum absolute atomic E-state index is 11.9. The number of nitrogens with one attached hydrogen (secondary N) is 2. The fraction of sp³-hybridized carbons (Fsp3) is 0.400. The van der Waals surface area contributed by atoms with E-state index in [1.54, 1.807) is 24.3 Å². The first-order valence-electron chi connectivity index (χ1n) is 8.00. The Morgan fingerprint density at radius 3 is 2.58 bits per heavy atom. The minimum atomic E-state index is -3.05. The Bertz CT molecular complexity index is 879. The molecule has 10 nitrogen and oxygen atoms in total. The zero-order valence-electron chi connectivity index (χ0n) is 13.8. The van der Waals surface area contributed by atoms with Gasteiger partial charge in [-0.2, -0.15) is 0 Å². The molecule has 3 rings (SSSR count). The summed E-state index contributed by atoms with van der Waals surface area (Å²) in [4.78, 5) is 23.7. The molecule has 1 aromatic heterocycles. The second kappa shape index (κ2) is 7.60. The molecule has 1 atom stereocenters. The Balaban J connectivity index is 1.43. The van der Waals surface area contributed by atoms with E-state index in [-0.39, 0.29) is 36.4 Å². The summed E-state index contributed by atoms with van der Waals surface area (Å²) < 4.78 is 24.2. The van der Waals surface area contributed by atoms with Crippen molar-refractivity contribution in [2.45, 2.75) is 18.9 Å². The third-order valence-electron chi connectivity index (χ3n) is 3.96. The smallest absolute Gasteiger partial charge is 0.239 e. The van der Waals surface area contributed by atoms with E-state index < -0.39 is 15.7 Å². The molecule has 2 heterocycles. The molecule has 26 heavy (non-hydrogen) atoms. The third kappa shape index (κ3) is 4.85. The number of rotatable bonds is 6. The van der Waals surface area contributed by atoms with Crippen LogP contribution in [0.25, 0.3) is 5.69 Å². The van der Waals surface area contributed by atoms with Crippen molar-refractivity contribution < 1.29 is 18.0 Å². The van der Waals surface area contributed by atoms with Gasteiger partial charge in [-0.3, -0.25) is 9.59 Å². The van der Waals surface area contributed by atoms with Crippen LogP contribution in [0.5, 0.6) is 0 Å². The molecule has 0 saturated carbocycles. The van der Waals surface area contributed by atoms with Gasteiger partial charge in [-0.15, -0.1) is 5.10 Å². The minimum Gasteiger partial charge on any atom is -0.351 e. The van der Waals surface area contributed by atoms with Gasteiger partial charge in [-0.25, -0.2) is 13.1 Å². The van der Waals surface area contributed by atoms with Crippen molar-refractivity contribution in [3.8, 4) is 5.69 Å². The molecule has 1 saturated heterocycles. The van der Waals surface area contributed by atoms with Crippen LogP contribution >= 0.6 is 0 Å². The lowest BCUT2D eigenvalue weighted by Crippen LogP contribution is -2.42. The van der Waals surface area contributed by atoms with Crippen LogP contribution in [-0.2, 0) is 25.8 Å². The number of carbonyl (C=O) groups is 2. The van der Waals surface area contributed by atoms with E-state index in [1.807, 2.05) is 0 Å². The van der Waals surface area contributed by atoms with Crippen LogP contribution in [0, 0.1) is 0 Å². The second-order valence-corrected chi connectivity index (χ2v) is 8.27. The van der Waals surface area contributed by atoms with Crippen molar-refractivity contribution in [2.75, 3.05) is 18.1 Å². The van der Waals surface area contributed by atoms with Crippen LogP contribution in [0.1, 0.15) is 12.0 Å². The van der Waals surface area contributed by atoms with E-state index >= 15 is 0 Å². The Kier molecular flexibility index (Phi) is 5.26. The van der Waals surface area contributed by atoms with Gasteiger partial charge in [0, 0.05) is 6.04 Å². The van der Waals surface area contributed by atoms with E-state index in [0.717, 1.165) is 11.3 Å². The topological polar surface area (TPSA) is 136 Å². The van der Waals surface area contributed by atoms with Crippen LogP contribution in [0.3, 0.4) is 0 Å². The highest BCUT2D eigenvalue weighted by atomic mass is 32.2. The van der Waals surface area contributed by atoms with Crippen LogP contribution in [0.4, 0.5) is 0 Å². The summed E-state index contributed by atoms with van der Waals surface area (Å²) in [5, 5.41) is 16.0. The lowest BCUT2D eigenvalue weighted by molar-refractivity contribution is -0.126. The first-order valence-corrected chi connectivity index (χ1v) is 9.82. The molecule has 0 bridgehead atoms. The highest BCUT2D eigenvalue weighted by Gasteiger charge is 2.28. The molecule has 1 aliphatic rings. The van der Waals surface area contributed by atoms with Gasteiger partial charge in [0.1, 0.15) is 6.33 Å². The molecule has 1 fully saturated rings. The molecule has 11 heteroatoms. The number of hydrogen-bond acceptors (Lipinski definition) is 7. The molecule has 2 amide bonds. The van der Waals surface area contributed by atoms with Gasteiger partial charge in [0.25, 0.3) is 0 Å². The van der Waals surface area contributed by atoms with Crippen LogP contribution in [0.15, 0.2) is 30.6 Å². The van der Waals surface area contributed by atoms with Crippen molar-refractivity contribution in [3.05, 3.63) is 36.2 Å². The minimum absolute atomic E-state index is 0.0413. The number of aromatic nitrogens is 4. The molecule has 0 unspecified atom stereocenters. The van der Waals surface area contributed by atoms with Crippen LogP contribution in [-0.4, -0.2) is 64.5 Å². The number of benzene rings is 1. The zero-order valence-corrected chi connectivity index (χ0v) is 14.6. The van der Waals surface area contributed by atoms with Gasteiger partial charge < -0.3 is 10.6 Å². The summed E-state index contributed by atoms with van der Waals surface area (Å²) in [7, 11) is -3.05. The number of tetrazole rings is 1. The quantitative estimate of drug-likeness (QED) is 0.632. The summed E-state index contributed by atoms with van der Waals surface area (Å²) in [5.74, 6) is -0.644. The van der Waals surface area contributed by atoms with Gasteiger partial charge in [0.15, 0.2) is 9.84 Å². The van der Waals surface area contributed by atoms with E-state index in [1.165, 1.54) is 11.0 Å². The van der Waals surface area contributed by atoms with E-state index in [2.05, 4.69) is 26.2 Å². The molecule has 2 N–H and O–H groups in total. The van der Waals surface area contributed by atoms with Crippen molar-refractivity contribution in [1.29, 1.82) is 0 Å².